The first kappa shape index (κ1) is 14.5. The molecule has 6 heteroatoms. The van der Waals surface area contributed by atoms with Crippen molar-refractivity contribution in [3.8, 4) is 5.75 Å². The second kappa shape index (κ2) is 6.51. The van der Waals surface area contributed by atoms with Crippen molar-refractivity contribution < 1.29 is 19.1 Å². The number of halogens is 1. The van der Waals surface area contributed by atoms with E-state index in [1.807, 2.05) is 0 Å². The number of phenols is 1. The topological polar surface area (TPSA) is 78.4 Å². The zero-order chi connectivity index (χ0) is 15.2. The van der Waals surface area contributed by atoms with Crippen LogP contribution in [-0.2, 0) is 11.2 Å². The average Bonchev–Trinajstić information content (AvgIpc) is 2.45. The molecule has 0 aliphatic carbocycles. The van der Waals surface area contributed by atoms with Crippen LogP contribution in [0.25, 0.3) is 0 Å². The zero-order valence-corrected chi connectivity index (χ0v) is 11.0. The SMILES string of the molecule is O=C(Cc1cccc(O)c1)NNC(=O)c1cccc(F)c1. The maximum atomic E-state index is 13.0. The number of carbonyl (C=O) groups excluding carboxylic acids is 2. The van der Waals surface area contributed by atoms with E-state index in [4.69, 9.17) is 0 Å². The van der Waals surface area contributed by atoms with Crippen molar-refractivity contribution in [2.45, 2.75) is 6.42 Å². The maximum absolute atomic E-state index is 13.0. The Kier molecular flexibility index (Phi) is 4.50. The van der Waals surface area contributed by atoms with Gasteiger partial charge in [-0.05, 0) is 35.9 Å². The van der Waals surface area contributed by atoms with Crippen LogP contribution in [0.1, 0.15) is 15.9 Å². The smallest absolute Gasteiger partial charge is 0.269 e. The lowest BCUT2D eigenvalue weighted by Gasteiger charge is -2.07. The first-order valence-corrected chi connectivity index (χ1v) is 6.17. The minimum Gasteiger partial charge on any atom is -0.508 e. The summed E-state index contributed by atoms with van der Waals surface area (Å²) >= 11 is 0. The standard InChI is InChI=1S/C15H13FN2O3/c16-12-5-2-4-11(9-12)15(21)18-17-14(20)8-10-3-1-6-13(19)7-10/h1-7,9,19H,8H2,(H,17,20)(H,18,21). The molecule has 2 amide bonds. The van der Waals surface area contributed by atoms with Crippen molar-refractivity contribution in [1.29, 1.82) is 0 Å². The van der Waals surface area contributed by atoms with Gasteiger partial charge >= 0.3 is 0 Å². The van der Waals surface area contributed by atoms with E-state index in [1.165, 1.54) is 30.3 Å². The Balaban J connectivity index is 1.88. The highest BCUT2D eigenvalue weighted by Gasteiger charge is 2.08. The van der Waals surface area contributed by atoms with Crippen molar-refractivity contribution in [2.75, 3.05) is 0 Å². The summed E-state index contributed by atoms with van der Waals surface area (Å²) in [5, 5.41) is 9.28. The summed E-state index contributed by atoms with van der Waals surface area (Å²) in [6, 6.07) is 11.4. The van der Waals surface area contributed by atoms with Crippen LogP contribution in [0.2, 0.25) is 0 Å². The fraction of sp³-hybridized carbons (Fsp3) is 0.0667. The molecule has 0 aromatic heterocycles. The summed E-state index contributed by atoms with van der Waals surface area (Å²) in [6.45, 7) is 0. The average molecular weight is 288 g/mol. The maximum Gasteiger partial charge on any atom is 0.269 e. The minimum atomic E-state index is -0.612. The van der Waals surface area contributed by atoms with Gasteiger partial charge in [0.2, 0.25) is 5.91 Å². The molecule has 0 atom stereocenters. The number of phenolic OH excluding ortho intramolecular Hbond substituents is 1. The molecular weight excluding hydrogens is 275 g/mol. The first-order valence-electron chi connectivity index (χ1n) is 6.17. The van der Waals surface area contributed by atoms with E-state index >= 15 is 0 Å². The molecule has 0 heterocycles. The normalized spacial score (nSPS) is 9.95. The molecule has 0 aliphatic rings. The van der Waals surface area contributed by atoms with E-state index in [0.29, 0.717) is 5.56 Å². The highest BCUT2D eigenvalue weighted by molar-refractivity contribution is 5.95. The molecule has 0 saturated heterocycles. The molecule has 0 fully saturated rings. The predicted molar refractivity (Wildman–Crippen MR) is 73.8 cm³/mol. The molecule has 2 aromatic carbocycles. The largest absolute Gasteiger partial charge is 0.508 e. The lowest BCUT2D eigenvalue weighted by molar-refractivity contribution is -0.121. The number of hydrogen-bond acceptors (Lipinski definition) is 3. The Morgan fingerprint density at radius 3 is 2.52 bits per heavy atom. The van der Waals surface area contributed by atoms with Gasteiger partial charge in [-0.3, -0.25) is 20.4 Å². The number of carbonyl (C=O) groups is 2. The lowest BCUT2D eigenvalue weighted by atomic mass is 10.1. The highest BCUT2D eigenvalue weighted by Crippen LogP contribution is 2.11. The molecule has 0 spiro atoms. The van der Waals surface area contributed by atoms with Gasteiger partial charge in [0.25, 0.3) is 5.91 Å². The third-order valence-corrected chi connectivity index (χ3v) is 2.68. The lowest BCUT2D eigenvalue weighted by Crippen LogP contribution is -2.42. The Labute approximate surface area is 120 Å². The molecule has 2 rings (SSSR count). The molecule has 0 unspecified atom stereocenters. The van der Waals surface area contributed by atoms with Gasteiger partial charge in [-0.25, -0.2) is 4.39 Å². The zero-order valence-electron chi connectivity index (χ0n) is 11.0. The van der Waals surface area contributed by atoms with Crippen LogP contribution in [0.3, 0.4) is 0 Å². The monoisotopic (exact) mass is 288 g/mol. The Morgan fingerprint density at radius 2 is 1.81 bits per heavy atom. The molecule has 0 saturated carbocycles. The van der Waals surface area contributed by atoms with Gasteiger partial charge < -0.3 is 5.11 Å². The van der Waals surface area contributed by atoms with Gasteiger partial charge in [0.1, 0.15) is 11.6 Å². The number of amides is 2. The summed E-state index contributed by atoms with van der Waals surface area (Å²) < 4.78 is 13.0. The fourth-order valence-corrected chi connectivity index (χ4v) is 1.72. The number of hydrazine groups is 1. The molecule has 3 N–H and O–H groups in total. The summed E-state index contributed by atoms with van der Waals surface area (Å²) in [4.78, 5) is 23.3. The van der Waals surface area contributed by atoms with Crippen LogP contribution < -0.4 is 10.9 Å². The van der Waals surface area contributed by atoms with Gasteiger partial charge in [0.05, 0.1) is 6.42 Å². The molecule has 0 radical (unpaired) electrons. The Morgan fingerprint density at radius 1 is 1.05 bits per heavy atom. The van der Waals surface area contributed by atoms with Crippen LogP contribution in [0.15, 0.2) is 48.5 Å². The fourth-order valence-electron chi connectivity index (χ4n) is 1.72. The van der Waals surface area contributed by atoms with E-state index in [9.17, 15) is 19.1 Å². The third kappa shape index (κ3) is 4.31. The van der Waals surface area contributed by atoms with Gasteiger partial charge in [0.15, 0.2) is 0 Å². The second-order valence-electron chi connectivity index (χ2n) is 4.36. The molecule has 108 valence electrons. The number of hydrogen-bond donors (Lipinski definition) is 3. The van der Waals surface area contributed by atoms with Crippen LogP contribution in [0.4, 0.5) is 4.39 Å². The van der Waals surface area contributed by atoms with Crippen LogP contribution in [0.5, 0.6) is 5.75 Å². The molecule has 21 heavy (non-hydrogen) atoms. The molecule has 5 nitrogen and oxygen atoms in total. The summed E-state index contributed by atoms with van der Waals surface area (Å²) in [5.74, 6) is -1.54. The molecule has 0 aliphatic heterocycles. The Bertz CT molecular complexity index is 673. The number of rotatable bonds is 3. The third-order valence-electron chi connectivity index (χ3n) is 2.68. The number of aromatic hydroxyl groups is 1. The van der Waals surface area contributed by atoms with Crippen molar-refractivity contribution in [3.05, 3.63) is 65.5 Å². The van der Waals surface area contributed by atoms with Crippen LogP contribution >= 0.6 is 0 Å². The van der Waals surface area contributed by atoms with Gasteiger partial charge in [0, 0.05) is 5.56 Å². The van der Waals surface area contributed by atoms with Crippen molar-refractivity contribution in [1.82, 2.24) is 10.9 Å². The second-order valence-corrected chi connectivity index (χ2v) is 4.36. The van der Waals surface area contributed by atoms with E-state index in [-0.39, 0.29) is 17.7 Å². The number of benzene rings is 2. The van der Waals surface area contributed by atoms with Crippen molar-refractivity contribution in [3.63, 3.8) is 0 Å². The molecular formula is C15H13FN2O3. The first-order chi connectivity index (χ1) is 10.0. The van der Waals surface area contributed by atoms with Crippen molar-refractivity contribution in [2.24, 2.45) is 0 Å². The molecule has 0 bridgehead atoms. The summed E-state index contributed by atoms with van der Waals surface area (Å²) in [5.41, 5.74) is 5.13. The predicted octanol–water partition coefficient (Wildman–Crippen LogP) is 1.53. The Hall–Kier alpha value is -2.89. The van der Waals surface area contributed by atoms with Crippen LogP contribution in [-0.4, -0.2) is 16.9 Å². The van der Waals surface area contributed by atoms with Crippen molar-refractivity contribution >= 4 is 11.8 Å². The van der Waals surface area contributed by atoms with Crippen LogP contribution in [0, 0.1) is 5.82 Å². The quantitative estimate of drug-likeness (QED) is 0.750. The van der Waals surface area contributed by atoms with Gasteiger partial charge in [-0.2, -0.15) is 0 Å². The number of nitrogens with one attached hydrogen (secondary N) is 2. The van der Waals surface area contributed by atoms with E-state index in [1.54, 1.807) is 12.1 Å². The summed E-state index contributed by atoms with van der Waals surface area (Å²) in [6.07, 6.45) is -0.00215. The van der Waals surface area contributed by atoms with E-state index in [2.05, 4.69) is 10.9 Å². The van der Waals surface area contributed by atoms with E-state index < -0.39 is 17.6 Å². The summed E-state index contributed by atoms with van der Waals surface area (Å²) in [7, 11) is 0. The molecule has 2 aromatic rings. The highest BCUT2D eigenvalue weighted by atomic mass is 19.1. The van der Waals surface area contributed by atoms with Gasteiger partial charge in [-0.15, -0.1) is 0 Å². The van der Waals surface area contributed by atoms with Gasteiger partial charge in [-0.1, -0.05) is 18.2 Å². The minimum absolute atomic E-state index is 0.00215. The van der Waals surface area contributed by atoms with E-state index in [0.717, 1.165) is 6.07 Å².